The summed E-state index contributed by atoms with van der Waals surface area (Å²) in [6.07, 6.45) is 2.06. The quantitative estimate of drug-likeness (QED) is 0.860. The molecule has 1 aliphatic heterocycles. The third kappa shape index (κ3) is 3.99. The fraction of sp³-hybridized carbons (Fsp3) is 0.350. The van der Waals surface area contributed by atoms with Crippen LogP contribution >= 0.6 is 0 Å². The van der Waals surface area contributed by atoms with Gasteiger partial charge in [-0.1, -0.05) is 48.5 Å². The molecule has 1 heterocycles. The molecule has 0 aromatic heterocycles. The molecule has 3 rings (SSSR count). The minimum absolute atomic E-state index is 0.137. The average molecular weight is 308 g/mol. The number of benzene rings is 2. The molecule has 120 valence electrons. The Morgan fingerprint density at radius 3 is 2.13 bits per heavy atom. The summed E-state index contributed by atoms with van der Waals surface area (Å²) in [5, 5.41) is 0. The van der Waals surface area contributed by atoms with Gasteiger partial charge in [-0.05, 0) is 30.5 Å². The second-order valence-corrected chi connectivity index (χ2v) is 6.22. The van der Waals surface area contributed by atoms with Crippen LogP contribution in [0.1, 0.15) is 25.3 Å². The van der Waals surface area contributed by atoms with E-state index in [0.717, 1.165) is 38.2 Å². The van der Waals surface area contributed by atoms with E-state index in [1.54, 1.807) is 6.92 Å². The van der Waals surface area contributed by atoms with E-state index in [-0.39, 0.29) is 5.91 Å². The first-order chi connectivity index (χ1) is 11.2. The molecule has 1 aliphatic rings. The second-order valence-electron chi connectivity index (χ2n) is 6.22. The summed E-state index contributed by atoms with van der Waals surface area (Å²) in [4.78, 5) is 16.6. The van der Waals surface area contributed by atoms with Crippen LogP contribution in [0.3, 0.4) is 0 Å². The Kier molecular flexibility index (Phi) is 5.09. The van der Waals surface area contributed by atoms with Gasteiger partial charge in [0.1, 0.15) is 0 Å². The lowest BCUT2D eigenvalue weighted by atomic mass is 10.0. The van der Waals surface area contributed by atoms with Gasteiger partial charge in [-0.15, -0.1) is 0 Å². The van der Waals surface area contributed by atoms with Crippen LogP contribution in [0.15, 0.2) is 60.7 Å². The molecule has 0 N–H and O–H groups in total. The largest absolute Gasteiger partial charge is 0.310 e. The Hall–Kier alpha value is -2.13. The van der Waals surface area contributed by atoms with Gasteiger partial charge in [0.05, 0.1) is 0 Å². The first-order valence-electron chi connectivity index (χ1n) is 8.35. The molecule has 0 radical (unpaired) electrons. The van der Waals surface area contributed by atoms with Gasteiger partial charge in [0.15, 0.2) is 0 Å². The van der Waals surface area contributed by atoms with Crippen molar-refractivity contribution < 1.29 is 4.79 Å². The van der Waals surface area contributed by atoms with Crippen LogP contribution in [0.25, 0.3) is 0 Å². The second kappa shape index (κ2) is 7.42. The van der Waals surface area contributed by atoms with Crippen molar-refractivity contribution in [1.29, 1.82) is 0 Å². The van der Waals surface area contributed by atoms with Gasteiger partial charge < -0.3 is 4.90 Å². The van der Waals surface area contributed by atoms with Crippen molar-refractivity contribution in [2.24, 2.45) is 0 Å². The maximum Gasteiger partial charge on any atom is 0.224 e. The number of nitrogens with zero attached hydrogens (tertiary/aromatic N) is 2. The van der Waals surface area contributed by atoms with Crippen molar-refractivity contribution in [2.75, 3.05) is 18.0 Å². The Morgan fingerprint density at radius 2 is 1.57 bits per heavy atom. The minimum Gasteiger partial charge on any atom is -0.310 e. The van der Waals surface area contributed by atoms with Crippen molar-refractivity contribution in [3.05, 3.63) is 66.2 Å². The van der Waals surface area contributed by atoms with Crippen LogP contribution in [0.4, 0.5) is 5.69 Å². The SMILES string of the molecule is CC(=O)N(c1ccccc1)C1CCN(Cc2ccccc2)CC1. The Labute approximate surface area is 138 Å². The van der Waals surface area contributed by atoms with Crippen molar-refractivity contribution in [2.45, 2.75) is 32.4 Å². The van der Waals surface area contributed by atoms with Crippen LogP contribution < -0.4 is 4.90 Å². The van der Waals surface area contributed by atoms with Crippen molar-refractivity contribution >= 4 is 11.6 Å². The number of likely N-dealkylation sites (tertiary alicyclic amines) is 1. The zero-order chi connectivity index (χ0) is 16.1. The minimum atomic E-state index is 0.137. The molecule has 23 heavy (non-hydrogen) atoms. The number of hydrogen-bond acceptors (Lipinski definition) is 2. The van der Waals surface area contributed by atoms with Crippen molar-refractivity contribution in [3.63, 3.8) is 0 Å². The number of rotatable bonds is 4. The van der Waals surface area contributed by atoms with Crippen molar-refractivity contribution in [1.82, 2.24) is 4.90 Å². The maximum atomic E-state index is 12.1. The summed E-state index contributed by atoms with van der Waals surface area (Å²) in [5.41, 5.74) is 2.37. The molecule has 3 nitrogen and oxygen atoms in total. The van der Waals surface area contributed by atoms with Gasteiger partial charge in [-0.3, -0.25) is 9.69 Å². The number of carbonyl (C=O) groups excluding carboxylic acids is 1. The standard InChI is InChI=1S/C20H24N2O/c1-17(23)22(19-10-6-3-7-11-19)20-12-14-21(15-13-20)16-18-8-4-2-5-9-18/h2-11,20H,12-16H2,1H3. The highest BCUT2D eigenvalue weighted by Crippen LogP contribution is 2.24. The molecule has 1 fully saturated rings. The highest BCUT2D eigenvalue weighted by Gasteiger charge is 2.27. The molecule has 0 aliphatic carbocycles. The van der Waals surface area contributed by atoms with Crippen LogP contribution in [0, 0.1) is 0 Å². The molecule has 1 amide bonds. The van der Waals surface area contributed by atoms with E-state index in [4.69, 9.17) is 0 Å². The first-order valence-corrected chi connectivity index (χ1v) is 8.35. The summed E-state index contributed by atoms with van der Waals surface area (Å²) in [6.45, 7) is 4.74. The zero-order valence-corrected chi connectivity index (χ0v) is 13.7. The Balaban J connectivity index is 1.62. The Morgan fingerprint density at radius 1 is 1.00 bits per heavy atom. The molecule has 0 atom stereocenters. The van der Waals surface area contributed by atoms with E-state index in [0.29, 0.717) is 6.04 Å². The Bertz CT molecular complexity index is 619. The highest BCUT2D eigenvalue weighted by atomic mass is 16.2. The van der Waals surface area contributed by atoms with E-state index < -0.39 is 0 Å². The van der Waals surface area contributed by atoms with Crippen LogP contribution in [-0.2, 0) is 11.3 Å². The number of piperidine rings is 1. The van der Waals surface area contributed by atoms with Gasteiger partial charge in [0, 0.05) is 38.3 Å². The van der Waals surface area contributed by atoms with Crippen LogP contribution in [-0.4, -0.2) is 29.9 Å². The lowest BCUT2D eigenvalue weighted by Gasteiger charge is -2.38. The maximum absolute atomic E-state index is 12.1. The molecule has 0 saturated carbocycles. The molecular formula is C20H24N2O. The molecule has 0 unspecified atom stereocenters. The molecule has 3 heteroatoms. The van der Waals surface area contributed by atoms with E-state index in [9.17, 15) is 4.79 Å². The predicted octanol–water partition coefficient (Wildman–Crippen LogP) is 3.70. The van der Waals surface area contributed by atoms with Gasteiger partial charge in [-0.25, -0.2) is 0 Å². The fourth-order valence-corrected chi connectivity index (χ4v) is 3.42. The summed E-state index contributed by atoms with van der Waals surface area (Å²) in [6, 6.07) is 20.9. The smallest absolute Gasteiger partial charge is 0.224 e. The average Bonchev–Trinajstić information content (AvgIpc) is 2.58. The molecule has 1 saturated heterocycles. The monoisotopic (exact) mass is 308 g/mol. The number of amides is 1. The lowest BCUT2D eigenvalue weighted by Crippen LogP contribution is -2.46. The topological polar surface area (TPSA) is 23.6 Å². The number of para-hydroxylation sites is 1. The van der Waals surface area contributed by atoms with Crippen LogP contribution in [0.5, 0.6) is 0 Å². The van der Waals surface area contributed by atoms with E-state index in [1.807, 2.05) is 35.2 Å². The van der Waals surface area contributed by atoms with Crippen molar-refractivity contribution in [3.8, 4) is 0 Å². The zero-order valence-electron chi connectivity index (χ0n) is 13.7. The number of hydrogen-bond donors (Lipinski definition) is 0. The van der Waals surface area contributed by atoms with Gasteiger partial charge in [0.2, 0.25) is 5.91 Å². The summed E-state index contributed by atoms with van der Waals surface area (Å²) in [7, 11) is 0. The molecule has 2 aromatic carbocycles. The van der Waals surface area contributed by atoms with E-state index >= 15 is 0 Å². The first kappa shape index (κ1) is 15.8. The summed E-state index contributed by atoms with van der Waals surface area (Å²) >= 11 is 0. The summed E-state index contributed by atoms with van der Waals surface area (Å²) in [5.74, 6) is 0.137. The van der Waals surface area contributed by atoms with Gasteiger partial charge in [-0.2, -0.15) is 0 Å². The molecular weight excluding hydrogens is 284 g/mol. The van der Waals surface area contributed by atoms with Gasteiger partial charge in [0.25, 0.3) is 0 Å². The molecule has 0 bridgehead atoms. The highest BCUT2D eigenvalue weighted by molar-refractivity contribution is 5.92. The fourth-order valence-electron chi connectivity index (χ4n) is 3.42. The third-order valence-electron chi connectivity index (χ3n) is 4.54. The lowest BCUT2D eigenvalue weighted by molar-refractivity contribution is -0.117. The molecule has 2 aromatic rings. The van der Waals surface area contributed by atoms with Crippen LogP contribution in [0.2, 0.25) is 0 Å². The third-order valence-corrected chi connectivity index (χ3v) is 4.54. The van der Waals surface area contributed by atoms with E-state index in [1.165, 1.54) is 5.56 Å². The van der Waals surface area contributed by atoms with E-state index in [2.05, 4.69) is 35.2 Å². The predicted molar refractivity (Wildman–Crippen MR) is 94.3 cm³/mol. The normalized spacial score (nSPS) is 16.2. The number of carbonyl (C=O) groups is 1. The molecule has 0 spiro atoms. The number of anilines is 1. The summed E-state index contributed by atoms with van der Waals surface area (Å²) < 4.78 is 0. The van der Waals surface area contributed by atoms with Gasteiger partial charge >= 0.3 is 0 Å².